The van der Waals surface area contributed by atoms with Crippen LogP contribution in [0.1, 0.15) is 12.8 Å². The molecule has 1 aliphatic rings. The van der Waals surface area contributed by atoms with Gasteiger partial charge in [-0.15, -0.1) is 0 Å². The molecule has 0 radical (unpaired) electrons. The number of benzene rings is 3. The standard InChI is InChI=1S/C18H15N/c19-18-11-17-13-6-2-1-5-12(13)9-10-15(17)14-7-3-4-8-16(14)18/h1-2,5-11H,3-4,19H2. The van der Waals surface area contributed by atoms with Crippen LogP contribution in [0.15, 0.2) is 42.5 Å². The number of hydrogen-bond donors (Lipinski definition) is 1. The highest BCUT2D eigenvalue weighted by Gasteiger charge is 2.06. The van der Waals surface area contributed by atoms with Gasteiger partial charge in [-0.3, -0.25) is 0 Å². The zero-order valence-electron chi connectivity index (χ0n) is 10.7. The molecule has 0 bridgehead atoms. The fraction of sp³-hybridized carbons (Fsp3) is 0.111. The normalized spacial score (nSPS) is 13.9. The quantitative estimate of drug-likeness (QED) is 0.478. The number of nitrogens with two attached hydrogens (primary N) is 1. The minimum atomic E-state index is 0.898. The van der Waals surface area contributed by atoms with Gasteiger partial charge >= 0.3 is 0 Å². The zero-order chi connectivity index (χ0) is 12.8. The molecule has 0 saturated heterocycles. The van der Waals surface area contributed by atoms with Gasteiger partial charge in [0.2, 0.25) is 0 Å². The fourth-order valence-electron chi connectivity index (χ4n) is 3.12. The van der Waals surface area contributed by atoms with Crippen LogP contribution in [0, 0.1) is 0 Å². The van der Waals surface area contributed by atoms with Crippen LogP contribution in [0.4, 0.5) is 5.69 Å². The van der Waals surface area contributed by atoms with E-state index in [0.717, 1.165) is 18.5 Å². The Morgan fingerprint density at radius 1 is 0.737 bits per heavy atom. The maximum Gasteiger partial charge on any atom is 0.0397 e. The van der Waals surface area contributed by atoms with E-state index >= 15 is 0 Å². The van der Waals surface area contributed by atoms with E-state index in [4.69, 9.17) is 5.73 Å². The summed E-state index contributed by atoms with van der Waals surface area (Å²) in [5.41, 5.74) is 7.15. The second-order valence-electron chi connectivity index (χ2n) is 5.16. The lowest BCUT2D eigenvalue weighted by Crippen LogP contribution is -2.30. The Morgan fingerprint density at radius 2 is 1.53 bits per heavy atom. The van der Waals surface area contributed by atoms with Crippen molar-refractivity contribution >= 4 is 39.4 Å². The molecule has 0 spiro atoms. The first kappa shape index (κ1) is 10.6. The van der Waals surface area contributed by atoms with E-state index in [-0.39, 0.29) is 0 Å². The van der Waals surface area contributed by atoms with Gasteiger partial charge in [0.15, 0.2) is 0 Å². The summed E-state index contributed by atoms with van der Waals surface area (Å²) in [6, 6.07) is 15.1. The summed E-state index contributed by atoms with van der Waals surface area (Å²) < 4.78 is 0. The molecule has 0 atom stereocenters. The molecule has 0 heterocycles. The molecule has 0 saturated carbocycles. The molecule has 4 rings (SSSR count). The van der Waals surface area contributed by atoms with Crippen LogP contribution in [0.3, 0.4) is 0 Å². The highest BCUT2D eigenvalue weighted by molar-refractivity contribution is 6.08. The van der Waals surface area contributed by atoms with Gasteiger partial charge in [0.25, 0.3) is 0 Å². The molecule has 1 nitrogen and oxygen atoms in total. The van der Waals surface area contributed by atoms with Gasteiger partial charge in [-0.25, -0.2) is 0 Å². The van der Waals surface area contributed by atoms with Crippen molar-refractivity contribution in [3.05, 3.63) is 52.9 Å². The van der Waals surface area contributed by atoms with Gasteiger partial charge in [0, 0.05) is 10.9 Å². The van der Waals surface area contributed by atoms with Crippen LogP contribution in [0.5, 0.6) is 0 Å². The third kappa shape index (κ3) is 1.48. The van der Waals surface area contributed by atoms with Crippen molar-refractivity contribution in [3.8, 4) is 0 Å². The summed E-state index contributed by atoms with van der Waals surface area (Å²) in [5.74, 6) is 0. The Bertz CT molecular complexity index is 920. The molecule has 0 fully saturated rings. The lowest BCUT2D eigenvalue weighted by Gasteiger charge is -2.10. The molecule has 0 aliphatic heterocycles. The molecule has 19 heavy (non-hydrogen) atoms. The van der Waals surface area contributed by atoms with Gasteiger partial charge in [-0.1, -0.05) is 48.6 Å². The second-order valence-corrected chi connectivity index (χ2v) is 5.16. The van der Waals surface area contributed by atoms with Gasteiger partial charge in [-0.05, 0) is 45.7 Å². The molecule has 0 aromatic heterocycles. The minimum absolute atomic E-state index is 0.898. The molecular weight excluding hydrogens is 230 g/mol. The summed E-state index contributed by atoms with van der Waals surface area (Å²) in [6.07, 6.45) is 6.79. The highest BCUT2D eigenvalue weighted by Crippen LogP contribution is 2.24. The molecule has 1 aliphatic carbocycles. The van der Waals surface area contributed by atoms with Crippen molar-refractivity contribution in [1.29, 1.82) is 0 Å². The molecule has 2 N–H and O–H groups in total. The van der Waals surface area contributed by atoms with Gasteiger partial charge in [0.05, 0.1) is 0 Å². The zero-order valence-corrected chi connectivity index (χ0v) is 10.7. The number of anilines is 1. The van der Waals surface area contributed by atoms with Crippen molar-refractivity contribution in [2.24, 2.45) is 0 Å². The van der Waals surface area contributed by atoms with Crippen LogP contribution in [-0.2, 0) is 0 Å². The monoisotopic (exact) mass is 245 g/mol. The molecule has 92 valence electrons. The van der Waals surface area contributed by atoms with Crippen molar-refractivity contribution in [2.45, 2.75) is 12.8 Å². The molecular formula is C18H15N. The molecule has 0 unspecified atom stereocenters. The van der Waals surface area contributed by atoms with Crippen LogP contribution in [0.25, 0.3) is 33.7 Å². The Labute approximate surface area is 111 Å². The van der Waals surface area contributed by atoms with Crippen LogP contribution >= 0.6 is 0 Å². The van der Waals surface area contributed by atoms with Gasteiger partial charge < -0.3 is 5.73 Å². The maximum absolute atomic E-state index is 6.25. The van der Waals surface area contributed by atoms with Gasteiger partial charge in [-0.2, -0.15) is 0 Å². The van der Waals surface area contributed by atoms with E-state index < -0.39 is 0 Å². The lowest BCUT2D eigenvalue weighted by molar-refractivity contribution is 1.12. The predicted molar refractivity (Wildman–Crippen MR) is 83.3 cm³/mol. The number of hydrogen-bond acceptors (Lipinski definition) is 1. The van der Waals surface area contributed by atoms with E-state index in [1.165, 1.54) is 32.0 Å². The smallest absolute Gasteiger partial charge is 0.0397 e. The van der Waals surface area contributed by atoms with E-state index in [1.54, 1.807) is 0 Å². The largest absolute Gasteiger partial charge is 0.398 e. The first-order chi connectivity index (χ1) is 9.34. The Morgan fingerprint density at radius 3 is 2.42 bits per heavy atom. The maximum atomic E-state index is 6.25. The van der Waals surface area contributed by atoms with Crippen LogP contribution in [-0.4, -0.2) is 0 Å². The summed E-state index contributed by atoms with van der Waals surface area (Å²) in [6.45, 7) is 0. The first-order valence-electron chi connectivity index (χ1n) is 6.75. The van der Waals surface area contributed by atoms with E-state index in [9.17, 15) is 0 Å². The first-order valence-corrected chi connectivity index (χ1v) is 6.75. The Balaban J connectivity index is 2.33. The third-order valence-electron chi connectivity index (χ3n) is 4.03. The molecule has 0 amide bonds. The highest BCUT2D eigenvalue weighted by atomic mass is 14.5. The fourth-order valence-corrected chi connectivity index (χ4v) is 3.12. The molecule has 3 aromatic carbocycles. The Kier molecular flexibility index (Phi) is 2.16. The number of fused-ring (bicyclic) bond motifs is 5. The van der Waals surface area contributed by atoms with E-state index in [0.29, 0.717) is 0 Å². The SMILES string of the molecule is Nc1cc2c(ccc3ccccc32)c2c1=CCCC=2. The summed E-state index contributed by atoms with van der Waals surface area (Å²) >= 11 is 0. The minimum Gasteiger partial charge on any atom is -0.398 e. The molecule has 3 aromatic rings. The van der Waals surface area contributed by atoms with Crippen molar-refractivity contribution in [1.82, 2.24) is 0 Å². The predicted octanol–water partition coefficient (Wildman–Crippen LogP) is 2.93. The third-order valence-corrected chi connectivity index (χ3v) is 4.03. The average molecular weight is 245 g/mol. The number of nitrogen functional groups attached to an aromatic ring is 1. The van der Waals surface area contributed by atoms with Crippen LogP contribution in [0.2, 0.25) is 0 Å². The number of rotatable bonds is 0. The lowest BCUT2D eigenvalue weighted by atomic mass is 9.96. The Hall–Kier alpha value is -2.28. The topological polar surface area (TPSA) is 26.0 Å². The van der Waals surface area contributed by atoms with E-state index in [2.05, 4.69) is 54.6 Å². The second kappa shape index (κ2) is 3.86. The average Bonchev–Trinajstić information content (AvgIpc) is 2.47. The summed E-state index contributed by atoms with van der Waals surface area (Å²) in [4.78, 5) is 0. The summed E-state index contributed by atoms with van der Waals surface area (Å²) in [5, 5.41) is 7.67. The van der Waals surface area contributed by atoms with Crippen molar-refractivity contribution < 1.29 is 0 Å². The van der Waals surface area contributed by atoms with E-state index in [1.807, 2.05) is 0 Å². The van der Waals surface area contributed by atoms with Crippen LogP contribution < -0.4 is 16.2 Å². The molecule has 1 heteroatoms. The van der Waals surface area contributed by atoms with Gasteiger partial charge in [0.1, 0.15) is 0 Å². The van der Waals surface area contributed by atoms with Crippen molar-refractivity contribution in [3.63, 3.8) is 0 Å². The summed E-state index contributed by atoms with van der Waals surface area (Å²) in [7, 11) is 0. The van der Waals surface area contributed by atoms with Crippen molar-refractivity contribution in [2.75, 3.05) is 5.73 Å².